The van der Waals surface area contributed by atoms with Crippen molar-refractivity contribution in [3.8, 4) is 5.75 Å². The van der Waals surface area contributed by atoms with Crippen molar-refractivity contribution in [2.75, 3.05) is 30.4 Å². The zero-order chi connectivity index (χ0) is 17.8. The first kappa shape index (κ1) is 17.0. The zero-order valence-corrected chi connectivity index (χ0v) is 14.4. The van der Waals surface area contributed by atoms with E-state index in [-0.39, 0.29) is 5.92 Å². The van der Waals surface area contributed by atoms with Gasteiger partial charge in [-0.1, -0.05) is 12.1 Å². The van der Waals surface area contributed by atoms with Crippen LogP contribution < -0.4 is 15.0 Å². The summed E-state index contributed by atoms with van der Waals surface area (Å²) < 4.78 is 5.36. The standard InChI is InChI=1S/C18H22N4O3/c1-12-19-16(21-14-5-3-4-6-15(14)25-2)11-17(20-12)22-9-7-13(8-10-22)18(23)24/h3-6,11,13H,7-10H2,1-2H3,(H,23,24)(H,19,20,21). The molecule has 0 spiro atoms. The highest BCUT2D eigenvalue weighted by atomic mass is 16.5. The smallest absolute Gasteiger partial charge is 0.306 e. The molecule has 1 aliphatic rings. The number of rotatable bonds is 5. The van der Waals surface area contributed by atoms with E-state index in [0.29, 0.717) is 37.6 Å². The predicted molar refractivity (Wildman–Crippen MR) is 95.6 cm³/mol. The van der Waals surface area contributed by atoms with E-state index in [1.807, 2.05) is 37.3 Å². The van der Waals surface area contributed by atoms with Crippen LogP contribution in [0.1, 0.15) is 18.7 Å². The Hall–Kier alpha value is -2.83. The summed E-state index contributed by atoms with van der Waals surface area (Å²) >= 11 is 0. The van der Waals surface area contributed by atoms with Crippen LogP contribution >= 0.6 is 0 Å². The molecule has 0 bridgehead atoms. The summed E-state index contributed by atoms with van der Waals surface area (Å²) in [5, 5.41) is 12.4. The molecular weight excluding hydrogens is 320 g/mol. The number of aryl methyl sites for hydroxylation is 1. The zero-order valence-electron chi connectivity index (χ0n) is 14.4. The van der Waals surface area contributed by atoms with Crippen LogP contribution in [-0.2, 0) is 4.79 Å². The van der Waals surface area contributed by atoms with Gasteiger partial charge in [0, 0.05) is 19.2 Å². The van der Waals surface area contributed by atoms with Crippen molar-refractivity contribution in [2.45, 2.75) is 19.8 Å². The van der Waals surface area contributed by atoms with Gasteiger partial charge in [0.1, 0.15) is 23.2 Å². The molecule has 3 rings (SSSR count). The third kappa shape index (κ3) is 3.99. The first-order valence-electron chi connectivity index (χ1n) is 8.30. The number of aliphatic carboxylic acids is 1. The third-order valence-electron chi connectivity index (χ3n) is 4.36. The molecule has 0 amide bonds. The summed E-state index contributed by atoms with van der Waals surface area (Å²) in [6.45, 7) is 3.21. The van der Waals surface area contributed by atoms with Crippen molar-refractivity contribution in [3.05, 3.63) is 36.2 Å². The van der Waals surface area contributed by atoms with Gasteiger partial charge in [-0.15, -0.1) is 0 Å². The molecule has 0 unspecified atom stereocenters. The quantitative estimate of drug-likeness (QED) is 0.864. The normalized spacial score (nSPS) is 15.0. The maximum Gasteiger partial charge on any atom is 0.306 e. The fraction of sp³-hybridized carbons (Fsp3) is 0.389. The van der Waals surface area contributed by atoms with E-state index in [2.05, 4.69) is 20.2 Å². The summed E-state index contributed by atoms with van der Waals surface area (Å²) in [6, 6.07) is 9.53. The topological polar surface area (TPSA) is 87.6 Å². The number of nitrogens with one attached hydrogen (secondary N) is 1. The number of nitrogens with zero attached hydrogens (tertiary/aromatic N) is 3. The maximum atomic E-state index is 11.1. The van der Waals surface area contributed by atoms with Gasteiger partial charge in [0.2, 0.25) is 0 Å². The number of hydrogen-bond donors (Lipinski definition) is 2. The molecule has 0 atom stereocenters. The molecule has 2 heterocycles. The lowest BCUT2D eigenvalue weighted by Gasteiger charge is -2.31. The minimum atomic E-state index is -0.711. The van der Waals surface area contributed by atoms with Gasteiger partial charge in [-0.2, -0.15) is 0 Å². The van der Waals surface area contributed by atoms with Crippen LogP contribution in [0.4, 0.5) is 17.3 Å². The van der Waals surface area contributed by atoms with E-state index in [1.54, 1.807) is 7.11 Å². The molecule has 0 saturated carbocycles. The molecule has 0 aliphatic carbocycles. The summed E-state index contributed by atoms with van der Waals surface area (Å²) in [5.41, 5.74) is 0.832. The minimum Gasteiger partial charge on any atom is -0.495 e. The van der Waals surface area contributed by atoms with Gasteiger partial charge in [0.25, 0.3) is 0 Å². The van der Waals surface area contributed by atoms with E-state index in [1.165, 1.54) is 0 Å². The van der Waals surface area contributed by atoms with Gasteiger partial charge < -0.3 is 20.1 Å². The number of carboxylic acid groups (broad SMARTS) is 1. The fourth-order valence-corrected chi connectivity index (χ4v) is 3.02. The lowest BCUT2D eigenvalue weighted by molar-refractivity contribution is -0.142. The average molecular weight is 342 g/mol. The van der Waals surface area contributed by atoms with Gasteiger partial charge in [-0.25, -0.2) is 9.97 Å². The number of piperidine rings is 1. The Bertz CT molecular complexity index is 758. The summed E-state index contributed by atoms with van der Waals surface area (Å²) in [4.78, 5) is 22.2. The van der Waals surface area contributed by atoms with Crippen molar-refractivity contribution in [1.29, 1.82) is 0 Å². The number of benzene rings is 1. The number of methoxy groups -OCH3 is 1. The Balaban J connectivity index is 1.78. The van der Waals surface area contributed by atoms with Gasteiger partial charge in [0.15, 0.2) is 0 Å². The van der Waals surface area contributed by atoms with Crippen LogP contribution in [0.5, 0.6) is 5.75 Å². The largest absolute Gasteiger partial charge is 0.495 e. The first-order chi connectivity index (χ1) is 12.1. The highest BCUT2D eigenvalue weighted by molar-refractivity contribution is 5.70. The van der Waals surface area contributed by atoms with E-state index in [0.717, 1.165) is 17.3 Å². The molecule has 25 heavy (non-hydrogen) atoms. The molecule has 1 saturated heterocycles. The Morgan fingerprint density at radius 3 is 2.68 bits per heavy atom. The fourth-order valence-electron chi connectivity index (χ4n) is 3.02. The minimum absolute atomic E-state index is 0.259. The van der Waals surface area contributed by atoms with E-state index >= 15 is 0 Å². The van der Waals surface area contributed by atoms with Gasteiger partial charge in [0.05, 0.1) is 18.7 Å². The third-order valence-corrected chi connectivity index (χ3v) is 4.36. The Labute approximate surface area is 146 Å². The highest BCUT2D eigenvalue weighted by Crippen LogP contribution is 2.28. The van der Waals surface area contributed by atoms with Crippen molar-refractivity contribution >= 4 is 23.3 Å². The van der Waals surface area contributed by atoms with Gasteiger partial charge in [-0.05, 0) is 31.9 Å². The van der Waals surface area contributed by atoms with Crippen molar-refractivity contribution in [3.63, 3.8) is 0 Å². The van der Waals surface area contributed by atoms with Crippen molar-refractivity contribution in [1.82, 2.24) is 9.97 Å². The molecule has 2 aromatic rings. The molecule has 1 aromatic carbocycles. The highest BCUT2D eigenvalue weighted by Gasteiger charge is 2.25. The number of hydrogen-bond acceptors (Lipinski definition) is 6. The Morgan fingerprint density at radius 1 is 1.28 bits per heavy atom. The van der Waals surface area contributed by atoms with E-state index in [9.17, 15) is 4.79 Å². The van der Waals surface area contributed by atoms with E-state index < -0.39 is 5.97 Å². The number of anilines is 3. The predicted octanol–water partition coefficient (Wildman–Crippen LogP) is 2.84. The van der Waals surface area contributed by atoms with E-state index in [4.69, 9.17) is 9.84 Å². The lowest BCUT2D eigenvalue weighted by Crippen LogP contribution is -2.36. The second-order valence-corrected chi connectivity index (χ2v) is 6.08. The average Bonchev–Trinajstić information content (AvgIpc) is 2.62. The van der Waals surface area contributed by atoms with Crippen LogP contribution in [-0.4, -0.2) is 41.2 Å². The van der Waals surface area contributed by atoms with Gasteiger partial charge in [-0.3, -0.25) is 4.79 Å². The molecule has 132 valence electrons. The molecule has 7 heteroatoms. The molecule has 7 nitrogen and oxygen atoms in total. The molecule has 1 aliphatic heterocycles. The Kier molecular flexibility index (Phi) is 5.02. The number of para-hydroxylation sites is 2. The summed E-state index contributed by atoms with van der Waals surface area (Å²) in [5.74, 6) is 1.93. The van der Waals surface area contributed by atoms with Crippen LogP contribution in [0, 0.1) is 12.8 Å². The maximum absolute atomic E-state index is 11.1. The van der Waals surface area contributed by atoms with Crippen LogP contribution in [0.2, 0.25) is 0 Å². The number of ether oxygens (including phenoxy) is 1. The first-order valence-corrected chi connectivity index (χ1v) is 8.30. The SMILES string of the molecule is COc1ccccc1Nc1cc(N2CCC(C(=O)O)CC2)nc(C)n1. The van der Waals surface area contributed by atoms with Crippen LogP contribution in [0.15, 0.2) is 30.3 Å². The molecule has 1 fully saturated rings. The second-order valence-electron chi connectivity index (χ2n) is 6.08. The van der Waals surface area contributed by atoms with Crippen molar-refractivity contribution in [2.24, 2.45) is 5.92 Å². The Morgan fingerprint density at radius 2 is 2.00 bits per heavy atom. The monoisotopic (exact) mass is 342 g/mol. The molecule has 0 radical (unpaired) electrons. The number of aromatic nitrogens is 2. The summed E-state index contributed by atoms with van der Waals surface area (Å²) in [7, 11) is 1.63. The van der Waals surface area contributed by atoms with Crippen LogP contribution in [0.3, 0.4) is 0 Å². The number of carboxylic acids is 1. The molecular formula is C18H22N4O3. The molecule has 2 N–H and O–H groups in total. The van der Waals surface area contributed by atoms with Crippen LogP contribution in [0.25, 0.3) is 0 Å². The van der Waals surface area contributed by atoms with Crippen molar-refractivity contribution < 1.29 is 14.6 Å². The summed E-state index contributed by atoms with van der Waals surface area (Å²) in [6.07, 6.45) is 1.27. The molecule has 1 aromatic heterocycles. The second kappa shape index (κ2) is 7.38. The number of carbonyl (C=O) groups is 1. The van der Waals surface area contributed by atoms with Gasteiger partial charge >= 0.3 is 5.97 Å². The lowest BCUT2D eigenvalue weighted by atomic mass is 9.97.